The van der Waals surface area contributed by atoms with Crippen molar-refractivity contribution in [3.05, 3.63) is 64.7 Å². The number of fused-ring (bicyclic) bond motifs is 2. The summed E-state index contributed by atoms with van der Waals surface area (Å²) in [6.07, 6.45) is 2.37. The van der Waals surface area contributed by atoms with Crippen molar-refractivity contribution >= 4 is 0 Å². The van der Waals surface area contributed by atoms with E-state index in [-0.39, 0.29) is 0 Å². The molecule has 0 radical (unpaired) electrons. The van der Waals surface area contributed by atoms with Crippen LogP contribution < -0.4 is 4.74 Å². The highest BCUT2D eigenvalue weighted by molar-refractivity contribution is 5.45. The number of hydrogen-bond donors (Lipinski definition) is 1. The lowest BCUT2D eigenvalue weighted by Crippen LogP contribution is -2.26. The Morgan fingerprint density at radius 1 is 0.947 bits per heavy atom. The molecule has 0 atom stereocenters. The molecule has 1 heterocycles. The predicted octanol–water partition coefficient (Wildman–Crippen LogP) is 2.61. The highest BCUT2D eigenvalue weighted by Crippen LogP contribution is 2.39. The highest BCUT2D eigenvalue weighted by Gasteiger charge is 2.37. The van der Waals surface area contributed by atoms with Gasteiger partial charge in [0.05, 0.1) is 12.2 Å². The van der Waals surface area contributed by atoms with Gasteiger partial charge in [0.25, 0.3) is 0 Å². The van der Waals surface area contributed by atoms with Gasteiger partial charge in [-0.15, -0.1) is 0 Å². The zero-order valence-corrected chi connectivity index (χ0v) is 10.7. The molecule has 1 aliphatic carbocycles. The van der Waals surface area contributed by atoms with Crippen LogP contribution in [0.2, 0.25) is 0 Å². The number of benzene rings is 2. The molecule has 1 N–H and O–H groups in total. The van der Waals surface area contributed by atoms with Crippen LogP contribution in [-0.2, 0) is 24.9 Å². The van der Waals surface area contributed by atoms with E-state index < -0.39 is 5.60 Å². The minimum absolute atomic E-state index is 0.711. The lowest BCUT2D eigenvalue weighted by molar-refractivity contribution is 0.0481. The minimum atomic E-state index is -0.749. The van der Waals surface area contributed by atoms with Crippen LogP contribution in [0.3, 0.4) is 0 Å². The summed E-state index contributed by atoms with van der Waals surface area (Å²) in [7, 11) is 0. The summed E-state index contributed by atoms with van der Waals surface area (Å²) < 4.78 is 5.53. The molecule has 4 rings (SSSR count). The third kappa shape index (κ3) is 1.67. The van der Waals surface area contributed by atoms with Crippen LogP contribution in [0.4, 0.5) is 0 Å². The fraction of sp³-hybridized carbons (Fsp3) is 0.294. The Hall–Kier alpha value is -1.80. The molecule has 2 aromatic carbocycles. The Balaban J connectivity index is 1.74. The molecule has 19 heavy (non-hydrogen) atoms. The Bertz CT molecular complexity index is 620. The monoisotopic (exact) mass is 252 g/mol. The first-order chi connectivity index (χ1) is 9.24. The second-order valence-corrected chi connectivity index (χ2v) is 5.57. The first kappa shape index (κ1) is 11.1. The van der Waals surface area contributed by atoms with Crippen molar-refractivity contribution in [3.63, 3.8) is 0 Å². The van der Waals surface area contributed by atoms with Crippen LogP contribution in [0.15, 0.2) is 42.5 Å². The molecule has 96 valence electrons. The lowest BCUT2D eigenvalue weighted by Gasteiger charge is -2.23. The zero-order valence-electron chi connectivity index (χ0n) is 10.7. The average Bonchev–Trinajstić information content (AvgIpc) is 3.00. The second-order valence-electron chi connectivity index (χ2n) is 5.57. The molecule has 0 saturated carbocycles. The molecule has 2 aromatic rings. The van der Waals surface area contributed by atoms with E-state index >= 15 is 0 Å². The second kappa shape index (κ2) is 3.84. The molecule has 2 nitrogen and oxygen atoms in total. The molecule has 0 aromatic heterocycles. The first-order valence-electron chi connectivity index (χ1n) is 6.80. The van der Waals surface area contributed by atoms with Crippen LogP contribution in [-0.4, -0.2) is 11.7 Å². The van der Waals surface area contributed by atoms with E-state index in [1.165, 1.54) is 16.7 Å². The lowest BCUT2D eigenvalue weighted by atomic mass is 9.89. The SMILES string of the molecule is OC1(c2ccc3c(c2)CCO3)Cc2ccccc2C1. The summed E-state index contributed by atoms with van der Waals surface area (Å²) in [5.74, 6) is 0.975. The maximum absolute atomic E-state index is 11.0. The Morgan fingerprint density at radius 3 is 2.42 bits per heavy atom. The smallest absolute Gasteiger partial charge is 0.122 e. The van der Waals surface area contributed by atoms with E-state index in [2.05, 4.69) is 18.2 Å². The van der Waals surface area contributed by atoms with Crippen molar-refractivity contribution in [1.29, 1.82) is 0 Å². The molecule has 2 aliphatic rings. The van der Waals surface area contributed by atoms with E-state index in [1.807, 2.05) is 24.3 Å². The number of hydrogen-bond acceptors (Lipinski definition) is 2. The molecule has 0 fully saturated rings. The van der Waals surface area contributed by atoms with Gasteiger partial charge in [-0.3, -0.25) is 0 Å². The summed E-state index contributed by atoms with van der Waals surface area (Å²) in [4.78, 5) is 0. The van der Waals surface area contributed by atoms with Crippen LogP contribution in [0.1, 0.15) is 22.3 Å². The van der Waals surface area contributed by atoms with E-state index in [9.17, 15) is 5.11 Å². The number of rotatable bonds is 1. The van der Waals surface area contributed by atoms with Gasteiger partial charge >= 0.3 is 0 Å². The van der Waals surface area contributed by atoms with Gasteiger partial charge in [-0.2, -0.15) is 0 Å². The van der Waals surface area contributed by atoms with Gasteiger partial charge in [-0.25, -0.2) is 0 Å². The van der Waals surface area contributed by atoms with Crippen LogP contribution >= 0.6 is 0 Å². The van der Waals surface area contributed by atoms with E-state index in [0.717, 1.165) is 24.3 Å². The maximum Gasteiger partial charge on any atom is 0.122 e. The van der Waals surface area contributed by atoms with Gasteiger partial charge in [-0.05, 0) is 34.4 Å². The largest absolute Gasteiger partial charge is 0.493 e. The topological polar surface area (TPSA) is 29.5 Å². The third-order valence-corrected chi connectivity index (χ3v) is 4.31. The molecule has 0 amide bonds. The van der Waals surface area contributed by atoms with Crippen LogP contribution in [0.25, 0.3) is 0 Å². The third-order valence-electron chi connectivity index (χ3n) is 4.31. The van der Waals surface area contributed by atoms with Crippen molar-refractivity contribution in [1.82, 2.24) is 0 Å². The van der Waals surface area contributed by atoms with Crippen molar-refractivity contribution in [2.24, 2.45) is 0 Å². The zero-order chi connectivity index (χ0) is 12.9. The summed E-state index contributed by atoms with van der Waals surface area (Å²) in [6, 6.07) is 14.4. The van der Waals surface area contributed by atoms with Crippen LogP contribution in [0, 0.1) is 0 Å². The minimum Gasteiger partial charge on any atom is -0.493 e. The average molecular weight is 252 g/mol. The van der Waals surface area contributed by atoms with Gasteiger partial charge < -0.3 is 9.84 Å². The van der Waals surface area contributed by atoms with E-state index in [1.54, 1.807) is 0 Å². The summed E-state index contributed by atoms with van der Waals surface area (Å²) in [5, 5.41) is 11.0. The Morgan fingerprint density at radius 2 is 1.68 bits per heavy atom. The number of ether oxygens (including phenoxy) is 1. The van der Waals surface area contributed by atoms with Crippen molar-refractivity contribution < 1.29 is 9.84 Å². The van der Waals surface area contributed by atoms with E-state index in [0.29, 0.717) is 12.8 Å². The summed E-state index contributed by atoms with van der Waals surface area (Å²) >= 11 is 0. The maximum atomic E-state index is 11.0. The molecule has 0 bridgehead atoms. The first-order valence-corrected chi connectivity index (χ1v) is 6.80. The van der Waals surface area contributed by atoms with Gasteiger partial charge in [0, 0.05) is 19.3 Å². The molecular formula is C17H16O2. The molecule has 0 unspecified atom stereocenters. The van der Waals surface area contributed by atoms with Crippen LogP contribution in [0.5, 0.6) is 5.75 Å². The van der Waals surface area contributed by atoms with Gasteiger partial charge in [0.2, 0.25) is 0 Å². The Kier molecular flexibility index (Phi) is 2.24. The Labute approximate surface area is 112 Å². The quantitative estimate of drug-likeness (QED) is 0.845. The van der Waals surface area contributed by atoms with Gasteiger partial charge in [0.1, 0.15) is 5.75 Å². The molecule has 2 heteroatoms. The van der Waals surface area contributed by atoms with Crippen molar-refractivity contribution in [2.75, 3.05) is 6.61 Å². The van der Waals surface area contributed by atoms with Gasteiger partial charge in [0.15, 0.2) is 0 Å². The molecule has 0 saturated heterocycles. The van der Waals surface area contributed by atoms with Crippen molar-refractivity contribution in [2.45, 2.75) is 24.9 Å². The van der Waals surface area contributed by atoms with E-state index in [4.69, 9.17) is 4.74 Å². The standard InChI is InChI=1S/C17H16O2/c18-17(10-13-3-1-2-4-14(13)11-17)15-5-6-16-12(9-15)7-8-19-16/h1-6,9,18H,7-8,10-11H2. The fourth-order valence-corrected chi connectivity index (χ4v) is 3.28. The summed E-state index contributed by atoms with van der Waals surface area (Å²) in [5.41, 5.74) is 4.03. The highest BCUT2D eigenvalue weighted by atomic mass is 16.5. The molecule has 0 spiro atoms. The van der Waals surface area contributed by atoms with Crippen molar-refractivity contribution in [3.8, 4) is 5.75 Å². The fourth-order valence-electron chi connectivity index (χ4n) is 3.28. The predicted molar refractivity (Wildman–Crippen MR) is 73.4 cm³/mol. The molecule has 1 aliphatic heterocycles. The molecular weight excluding hydrogens is 236 g/mol. The van der Waals surface area contributed by atoms with Gasteiger partial charge in [-0.1, -0.05) is 30.3 Å². The summed E-state index contributed by atoms with van der Waals surface area (Å²) in [6.45, 7) is 0.761. The number of aliphatic hydroxyl groups is 1. The normalized spacial score (nSPS) is 18.8.